The third kappa shape index (κ3) is 4.12. The maximum atomic E-state index is 12.4. The van der Waals surface area contributed by atoms with E-state index < -0.39 is 15.1 Å². The van der Waals surface area contributed by atoms with E-state index in [2.05, 4.69) is 37.6 Å². The first-order chi connectivity index (χ1) is 16.3. The van der Waals surface area contributed by atoms with E-state index in [4.69, 9.17) is 4.42 Å². The molecule has 0 spiro atoms. The Morgan fingerprint density at radius 2 is 1.59 bits per heavy atom. The second-order valence-electron chi connectivity index (χ2n) is 8.70. The number of nitrogens with zero attached hydrogens (tertiary/aromatic N) is 4. The van der Waals surface area contributed by atoms with Gasteiger partial charge in [-0.15, -0.1) is 10.2 Å². The standard InChI is InChI=1S/C25H25N5O3S/c1-15(2)34(31,32)21-10-8-18(9-11-21)22-14-27-16(3)23(28-22)25-30-29-24(33-25)19-6-4-17(5-7-19)20-12-26-13-20/h4-11,14-15,20,26H,12-13H2,1-3H3. The normalized spacial score (nSPS) is 14.4. The molecule has 5 rings (SSSR count). The minimum Gasteiger partial charge on any atom is -0.415 e. The van der Waals surface area contributed by atoms with Gasteiger partial charge in [0, 0.05) is 30.1 Å². The molecule has 34 heavy (non-hydrogen) atoms. The summed E-state index contributed by atoms with van der Waals surface area (Å²) in [5, 5.41) is 11.2. The molecule has 1 aliphatic heterocycles. The Morgan fingerprint density at radius 3 is 2.21 bits per heavy atom. The van der Waals surface area contributed by atoms with Crippen LogP contribution in [0.5, 0.6) is 0 Å². The summed E-state index contributed by atoms with van der Waals surface area (Å²) in [5.41, 5.74) is 4.63. The highest BCUT2D eigenvalue weighted by atomic mass is 32.2. The predicted molar refractivity (Wildman–Crippen MR) is 129 cm³/mol. The molecule has 0 bridgehead atoms. The summed E-state index contributed by atoms with van der Waals surface area (Å²) in [5.74, 6) is 1.27. The molecule has 2 aromatic heterocycles. The quantitative estimate of drug-likeness (QED) is 0.445. The number of aromatic nitrogens is 4. The predicted octanol–water partition coefficient (Wildman–Crippen LogP) is 4.04. The topological polar surface area (TPSA) is 111 Å². The van der Waals surface area contributed by atoms with Gasteiger partial charge in [0.2, 0.25) is 5.89 Å². The zero-order valence-corrected chi connectivity index (χ0v) is 20.0. The van der Waals surface area contributed by atoms with Crippen molar-refractivity contribution in [1.29, 1.82) is 0 Å². The van der Waals surface area contributed by atoms with Gasteiger partial charge in [-0.1, -0.05) is 24.3 Å². The molecule has 4 aromatic rings. The van der Waals surface area contributed by atoms with Crippen LogP contribution in [0.25, 0.3) is 34.3 Å². The maximum Gasteiger partial charge on any atom is 0.268 e. The average molecular weight is 476 g/mol. The summed E-state index contributed by atoms with van der Waals surface area (Å²) in [7, 11) is -3.34. The van der Waals surface area contributed by atoms with Crippen molar-refractivity contribution in [2.45, 2.75) is 36.8 Å². The fourth-order valence-electron chi connectivity index (χ4n) is 3.74. The summed E-state index contributed by atoms with van der Waals surface area (Å²) in [6.45, 7) is 7.18. The van der Waals surface area contributed by atoms with Crippen LogP contribution in [-0.4, -0.2) is 46.9 Å². The fraction of sp³-hybridized carbons (Fsp3) is 0.280. The van der Waals surface area contributed by atoms with Gasteiger partial charge in [-0.3, -0.25) is 4.98 Å². The molecular formula is C25H25N5O3S. The van der Waals surface area contributed by atoms with Crippen LogP contribution < -0.4 is 5.32 Å². The molecule has 3 heterocycles. The van der Waals surface area contributed by atoms with Crippen LogP contribution in [0.3, 0.4) is 0 Å². The van der Waals surface area contributed by atoms with Crippen LogP contribution in [0.1, 0.15) is 31.0 Å². The molecule has 0 atom stereocenters. The van der Waals surface area contributed by atoms with E-state index in [0.29, 0.717) is 28.9 Å². The first-order valence-electron chi connectivity index (χ1n) is 11.2. The molecule has 0 radical (unpaired) electrons. The highest BCUT2D eigenvalue weighted by Crippen LogP contribution is 2.29. The second kappa shape index (κ2) is 8.73. The Morgan fingerprint density at radius 1 is 0.941 bits per heavy atom. The van der Waals surface area contributed by atoms with E-state index >= 15 is 0 Å². The van der Waals surface area contributed by atoms with E-state index in [1.54, 1.807) is 44.3 Å². The Balaban J connectivity index is 1.42. The zero-order valence-electron chi connectivity index (χ0n) is 19.2. The molecule has 2 aromatic carbocycles. The number of rotatable bonds is 6. The first-order valence-corrected chi connectivity index (χ1v) is 12.7. The van der Waals surface area contributed by atoms with Crippen molar-refractivity contribution in [3.8, 4) is 34.3 Å². The van der Waals surface area contributed by atoms with Crippen LogP contribution in [0, 0.1) is 6.92 Å². The lowest BCUT2D eigenvalue weighted by Crippen LogP contribution is -2.39. The Labute approximate surface area is 198 Å². The number of hydrogen-bond donors (Lipinski definition) is 1. The van der Waals surface area contributed by atoms with Gasteiger partial charge in [0.1, 0.15) is 5.69 Å². The van der Waals surface area contributed by atoms with Gasteiger partial charge in [-0.05, 0) is 50.6 Å². The lowest BCUT2D eigenvalue weighted by Gasteiger charge is -2.27. The Kier molecular flexibility index (Phi) is 5.75. The molecule has 0 saturated carbocycles. The lowest BCUT2D eigenvalue weighted by molar-refractivity contribution is 0.448. The molecular weight excluding hydrogens is 450 g/mol. The summed E-state index contributed by atoms with van der Waals surface area (Å²) in [6, 6.07) is 14.8. The van der Waals surface area contributed by atoms with E-state index in [1.165, 1.54) is 5.56 Å². The van der Waals surface area contributed by atoms with E-state index in [1.807, 2.05) is 19.1 Å². The van der Waals surface area contributed by atoms with Crippen LogP contribution in [-0.2, 0) is 9.84 Å². The monoisotopic (exact) mass is 475 g/mol. The SMILES string of the molecule is Cc1ncc(-c2ccc(S(=O)(=O)C(C)C)cc2)nc1-c1nnc(-c2ccc(C3CNC3)cc2)o1. The second-order valence-corrected chi connectivity index (χ2v) is 11.2. The van der Waals surface area contributed by atoms with Crippen molar-refractivity contribution in [1.82, 2.24) is 25.5 Å². The first kappa shape index (κ1) is 22.4. The van der Waals surface area contributed by atoms with Gasteiger partial charge in [-0.2, -0.15) is 0 Å². The van der Waals surface area contributed by atoms with Crippen molar-refractivity contribution >= 4 is 9.84 Å². The van der Waals surface area contributed by atoms with Crippen molar-refractivity contribution in [2.24, 2.45) is 0 Å². The number of nitrogens with one attached hydrogen (secondary N) is 1. The van der Waals surface area contributed by atoms with Gasteiger partial charge >= 0.3 is 0 Å². The highest BCUT2D eigenvalue weighted by Gasteiger charge is 2.21. The number of aryl methyl sites for hydroxylation is 1. The molecule has 1 aliphatic rings. The molecule has 174 valence electrons. The third-order valence-corrected chi connectivity index (χ3v) is 8.26. The van der Waals surface area contributed by atoms with E-state index in [-0.39, 0.29) is 10.8 Å². The highest BCUT2D eigenvalue weighted by molar-refractivity contribution is 7.92. The van der Waals surface area contributed by atoms with Crippen molar-refractivity contribution in [3.05, 3.63) is 66.0 Å². The molecule has 9 heteroatoms. The van der Waals surface area contributed by atoms with E-state index in [9.17, 15) is 8.42 Å². The van der Waals surface area contributed by atoms with Crippen LogP contribution in [0.2, 0.25) is 0 Å². The van der Waals surface area contributed by atoms with E-state index in [0.717, 1.165) is 24.2 Å². The number of benzene rings is 2. The Bertz CT molecular complexity index is 1420. The maximum absolute atomic E-state index is 12.4. The van der Waals surface area contributed by atoms with Gasteiger partial charge in [-0.25, -0.2) is 13.4 Å². The third-order valence-electron chi connectivity index (χ3n) is 6.09. The van der Waals surface area contributed by atoms with Gasteiger partial charge in [0.05, 0.1) is 27.7 Å². The minimum absolute atomic E-state index is 0.285. The molecule has 1 saturated heterocycles. The van der Waals surface area contributed by atoms with Gasteiger partial charge in [0.25, 0.3) is 5.89 Å². The summed E-state index contributed by atoms with van der Waals surface area (Å²) in [6.07, 6.45) is 1.65. The largest absolute Gasteiger partial charge is 0.415 e. The molecule has 8 nitrogen and oxygen atoms in total. The van der Waals surface area contributed by atoms with Crippen LogP contribution in [0.15, 0.2) is 64.0 Å². The zero-order chi connectivity index (χ0) is 23.9. The molecule has 1 N–H and O–H groups in total. The van der Waals surface area contributed by atoms with Crippen LogP contribution in [0.4, 0.5) is 0 Å². The fourth-order valence-corrected chi connectivity index (χ4v) is 4.80. The number of hydrogen-bond acceptors (Lipinski definition) is 8. The molecule has 0 aliphatic carbocycles. The molecule has 0 unspecified atom stereocenters. The minimum atomic E-state index is -3.34. The van der Waals surface area contributed by atoms with Gasteiger partial charge in [0.15, 0.2) is 9.84 Å². The summed E-state index contributed by atoms with van der Waals surface area (Å²) < 4.78 is 30.7. The number of sulfone groups is 1. The van der Waals surface area contributed by atoms with Gasteiger partial charge < -0.3 is 9.73 Å². The van der Waals surface area contributed by atoms with Crippen molar-refractivity contribution in [2.75, 3.05) is 13.1 Å². The summed E-state index contributed by atoms with van der Waals surface area (Å²) >= 11 is 0. The smallest absolute Gasteiger partial charge is 0.268 e. The lowest BCUT2D eigenvalue weighted by atomic mass is 9.93. The van der Waals surface area contributed by atoms with Crippen molar-refractivity contribution < 1.29 is 12.8 Å². The Hall–Kier alpha value is -3.43. The molecule has 0 amide bonds. The summed E-state index contributed by atoms with van der Waals surface area (Å²) in [4.78, 5) is 9.42. The van der Waals surface area contributed by atoms with Crippen LogP contribution >= 0.6 is 0 Å². The average Bonchev–Trinajstić information content (AvgIpc) is 3.29. The molecule has 1 fully saturated rings. The van der Waals surface area contributed by atoms with Crippen molar-refractivity contribution in [3.63, 3.8) is 0 Å².